The van der Waals surface area contributed by atoms with Crippen molar-refractivity contribution in [3.8, 4) is 11.5 Å². The van der Waals surface area contributed by atoms with Gasteiger partial charge in [0.1, 0.15) is 11.5 Å². The van der Waals surface area contributed by atoms with Crippen LogP contribution in [0, 0.1) is 5.92 Å². The van der Waals surface area contributed by atoms with Gasteiger partial charge in [0.05, 0.1) is 14.2 Å². The zero-order valence-corrected chi connectivity index (χ0v) is 11.2. The van der Waals surface area contributed by atoms with Gasteiger partial charge >= 0.3 is 0 Å². The minimum Gasteiger partial charge on any atom is -0.497 e. The molecule has 98 valence electrons. The molecule has 3 aliphatic rings. The summed E-state index contributed by atoms with van der Waals surface area (Å²) in [6.07, 6.45) is 2.65. The summed E-state index contributed by atoms with van der Waals surface area (Å²) in [5, 5.41) is 0. The fraction of sp³-hybridized carbons (Fsp3) is 0.600. The van der Waals surface area contributed by atoms with E-state index in [0.29, 0.717) is 5.92 Å². The lowest BCUT2D eigenvalue weighted by molar-refractivity contribution is 0.0859. The van der Waals surface area contributed by atoms with Crippen molar-refractivity contribution in [2.75, 3.05) is 33.9 Å². The molecular weight excluding hydrogens is 226 g/mol. The number of fused-ring (bicyclic) bond motifs is 3. The zero-order valence-electron chi connectivity index (χ0n) is 11.2. The fourth-order valence-corrected chi connectivity index (χ4v) is 3.45. The summed E-state index contributed by atoms with van der Waals surface area (Å²) in [5.74, 6) is 3.37. The SMILES string of the molecule is COc1ccc(OC)c(C2CN3CCC2CC3)c1. The van der Waals surface area contributed by atoms with Gasteiger partial charge < -0.3 is 14.4 Å². The highest BCUT2D eigenvalue weighted by atomic mass is 16.5. The number of hydrogen-bond donors (Lipinski definition) is 0. The lowest BCUT2D eigenvalue weighted by atomic mass is 9.75. The topological polar surface area (TPSA) is 21.7 Å². The van der Waals surface area contributed by atoms with Crippen molar-refractivity contribution in [3.63, 3.8) is 0 Å². The molecule has 0 saturated carbocycles. The third-order valence-electron chi connectivity index (χ3n) is 4.49. The lowest BCUT2D eigenvalue weighted by Crippen LogP contribution is -2.46. The molecule has 3 fully saturated rings. The first-order valence-electron chi connectivity index (χ1n) is 6.76. The van der Waals surface area contributed by atoms with Gasteiger partial charge in [0.15, 0.2) is 0 Å². The van der Waals surface area contributed by atoms with Crippen molar-refractivity contribution in [1.29, 1.82) is 0 Å². The first-order valence-corrected chi connectivity index (χ1v) is 6.76. The zero-order chi connectivity index (χ0) is 12.5. The van der Waals surface area contributed by atoms with E-state index in [1.54, 1.807) is 14.2 Å². The molecule has 3 saturated heterocycles. The third kappa shape index (κ3) is 1.97. The Balaban J connectivity index is 1.94. The highest BCUT2D eigenvalue weighted by Gasteiger charge is 2.36. The predicted octanol–water partition coefficient (Wildman–Crippen LogP) is 2.51. The summed E-state index contributed by atoms with van der Waals surface area (Å²) >= 11 is 0. The van der Waals surface area contributed by atoms with E-state index in [1.807, 2.05) is 12.1 Å². The summed E-state index contributed by atoms with van der Waals surface area (Å²) in [7, 11) is 3.48. The smallest absolute Gasteiger partial charge is 0.122 e. The molecule has 1 aromatic rings. The van der Waals surface area contributed by atoms with E-state index < -0.39 is 0 Å². The van der Waals surface area contributed by atoms with Gasteiger partial charge in [0, 0.05) is 18.0 Å². The average molecular weight is 247 g/mol. The van der Waals surface area contributed by atoms with E-state index in [-0.39, 0.29) is 0 Å². The van der Waals surface area contributed by atoms with E-state index in [2.05, 4.69) is 11.0 Å². The molecule has 0 N–H and O–H groups in total. The highest BCUT2D eigenvalue weighted by Crippen LogP contribution is 2.43. The van der Waals surface area contributed by atoms with Crippen LogP contribution in [0.5, 0.6) is 11.5 Å². The molecular formula is C15H21NO2. The summed E-state index contributed by atoms with van der Waals surface area (Å²) in [5.41, 5.74) is 1.33. The lowest BCUT2D eigenvalue weighted by Gasteiger charge is -2.45. The molecule has 4 rings (SSSR count). The Bertz CT molecular complexity index is 425. The van der Waals surface area contributed by atoms with Crippen molar-refractivity contribution in [2.45, 2.75) is 18.8 Å². The number of hydrogen-bond acceptors (Lipinski definition) is 3. The third-order valence-corrected chi connectivity index (χ3v) is 4.49. The van der Waals surface area contributed by atoms with E-state index in [9.17, 15) is 0 Å². The summed E-state index contributed by atoms with van der Waals surface area (Å²) in [4.78, 5) is 2.57. The maximum absolute atomic E-state index is 5.53. The molecule has 3 heterocycles. The normalized spacial score (nSPS) is 30.2. The molecule has 1 atom stereocenters. The molecule has 18 heavy (non-hydrogen) atoms. The van der Waals surface area contributed by atoms with Crippen LogP contribution in [0.15, 0.2) is 18.2 Å². The molecule has 0 aliphatic carbocycles. The van der Waals surface area contributed by atoms with E-state index in [0.717, 1.165) is 17.4 Å². The second kappa shape index (κ2) is 4.81. The van der Waals surface area contributed by atoms with Gasteiger partial charge in [-0.2, -0.15) is 0 Å². The molecule has 3 aliphatic heterocycles. The van der Waals surface area contributed by atoms with Gasteiger partial charge in [-0.15, -0.1) is 0 Å². The summed E-state index contributed by atoms with van der Waals surface area (Å²) in [6, 6.07) is 6.17. The minimum absolute atomic E-state index is 0.609. The van der Waals surface area contributed by atoms with Crippen LogP contribution in [0.1, 0.15) is 24.3 Å². The second-order valence-electron chi connectivity index (χ2n) is 5.35. The Labute approximate surface area is 109 Å². The van der Waals surface area contributed by atoms with Crippen molar-refractivity contribution in [2.24, 2.45) is 5.92 Å². The number of rotatable bonds is 3. The van der Waals surface area contributed by atoms with Gasteiger partial charge in [0.25, 0.3) is 0 Å². The molecule has 0 radical (unpaired) electrons. The van der Waals surface area contributed by atoms with Crippen LogP contribution >= 0.6 is 0 Å². The summed E-state index contributed by atoms with van der Waals surface area (Å²) < 4.78 is 10.9. The molecule has 1 aromatic carbocycles. The van der Waals surface area contributed by atoms with Crippen molar-refractivity contribution < 1.29 is 9.47 Å². The van der Waals surface area contributed by atoms with E-state index in [1.165, 1.54) is 38.0 Å². The maximum Gasteiger partial charge on any atom is 0.122 e. The van der Waals surface area contributed by atoms with Crippen LogP contribution < -0.4 is 9.47 Å². The molecule has 2 bridgehead atoms. The van der Waals surface area contributed by atoms with Crippen LogP contribution in [0.4, 0.5) is 0 Å². The van der Waals surface area contributed by atoms with Crippen molar-refractivity contribution in [1.82, 2.24) is 4.90 Å². The Morgan fingerprint density at radius 1 is 1.11 bits per heavy atom. The van der Waals surface area contributed by atoms with Crippen molar-refractivity contribution in [3.05, 3.63) is 23.8 Å². The monoisotopic (exact) mass is 247 g/mol. The first kappa shape index (κ1) is 11.8. The first-order chi connectivity index (χ1) is 8.81. The second-order valence-corrected chi connectivity index (χ2v) is 5.35. The number of benzene rings is 1. The minimum atomic E-state index is 0.609. The maximum atomic E-state index is 5.53. The number of piperidine rings is 3. The number of methoxy groups -OCH3 is 2. The Morgan fingerprint density at radius 3 is 2.44 bits per heavy atom. The van der Waals surface area contributed by atoms with Gasteiger partial charge in [-0.1, -0.05) is 0 Å². The van der Waals surface area contributed by atoms with Gasteiger partial charge in [-0.05, 0) is 50.0 Å². The van der Waals surface area contributed by atoms with Gasteiger partial charge in [0.2, 0.25) is 0 Å². The van der Waals surface area contributed by atoms with Crippen LogP contribution in [0.2, 0.25) is 0 Å². The Kier molecular flexibility index (Phi) is 3.16. The molecule has 0 amide bonds. The van der Waals surface area contributed by atoms with Gasteiger partial charge in [-0.3, -0.25) is 0 Å². The number of ether oxygens (including phenoxy) is 2. The van der Waals surface area contributed by atoms with Crippen LogP contribution in [-0.4, -0.2) is 38.8 Å². The molecule has 0 aromatic heterocycles. The van der Waals surface area contributed by atoms with Gasteiger partial charge in [-0.25, -0.2) is 0 Å². The Morgan fingerprint density at radius 2 is 1.89 bits per heavy atom. The average Bonchev–Trinajstić information content (AvgIpc) is 2.47. The van der Waals surface area contributed by atoms with Crippen LogP contribution in [0.3, 0.4) is 0 Å². The summed E-state index contributed by atoms with van der Waals surface area (Å²) in [6.45, 7) is 3.72. The van der Waals surface area contributed by atoms with Crippen LogP contribution in [-0.2, 0) is 0 Å². The fourth-order valence-electron chi connectivity index (χ4n) is 3.45. The quantitative estimate of drug-likeness (QED) is 0.819. The molecule has 0 spiro atoms. The van der Waals surface area contributed by atoms with E-state index in [4.69, 9.17) is 9.47 Å². The Hall–Kier alpha value is -1.22. The largest absolute Gasteiger partial charge is 0.497 e. The molecule has 3 nitrogen and oxygen atoms in total. The molecule has 1 unspecified atom stereocenters. The predicted molar refractivity (Wildman–Crippen MR) is 71.5 cm³/mol. The molecule has 3 heteroatoms. The van der Waals surface area contributed by atoms with Crippen LogP contribution in [0.25, 0.3) is 0 Å². The van der Waals surface area contributed by atoms with Crippen molar-refractivity contribution >= 4 is 0 Å². The highest BCUT2D eigenvalue weighted by molar-refractivity contribution is 5.43. The standard InChI is InChI=1S/C15H21NO2/c1-17-12-3-4-15(18-2)13(9-12)14-10-16-7-5-11(14)6-8-16/h3-4,9,11,14H,5-8,10H2,1-2H3. The number of nitrogens with zero attached hydrogens (tertiary/aromatic N) is 1. The van der Waals surface area contributed by atoms with E-state index >= 15 is 0 Å².